The van der Waals surface area contributed by atoms with Crippen LogP contribution in [0.4, 0.5) is 10.5 Å². The fraction of sp³-hybridized carbons (Fsp3) is 0.258. The molecule has 4 aromatic rings. The summed E-state index contributed by atoms with van der Waals surface area (Å²) in [5.41, 5.74) is 9.13. The summed E-state index contributed by atoms with van der Waals surface area (Å²) in [4.78, 5) is 40.7. The molecule has 2 aliphatic rings. The van der Waals surface area contributed by atoms with Crippen molar-refractivity contribution in [1.82, 2.24) is 9.47 Å². The molecule has 1 fully saturated rings. The van der Waals surface area contributed by atoms with Crippen LogP contribution in [0.5, 0.6) is 0 Å². The van der Waals surface area contributed by atoms with Crippen LogP contribution in [0.15, 0.2) is 72.8 Å². The molecular weight excluding hydrogens is 528 g/mol. The number of carbonyl (C=O) groups is 3. The standard InChI is InChI=1S/C31H29ClN4O4/c1-19-14-22-16-21(28(33)37)8-11-26(22)36(19)27(15-20-6-3-2-4-7-20)29(38)35-13-5-12-31(18-35)24-17-23(32)9-10-25(24)34-30(39)40-31/h2-4,6-11,14,16-17,27H,5,12-13,15,18H2,1H3,(H2,33,37)(H,34,39)/t27-,31-/m0/s1. The van der Waals surface area contributed by atoms with Gasteiger partial charge in [-0.15, -0.1) is 0 Å². The number of primary amides is 1. The number of anilines is 1. The first-order valence-corrected chi connectivity index (χ1v) is 13.7. The Bertz CT molecular complexity index is 1650. The molecule has 3 heterocycles. The van der Waals surface area contributed by atoms with E-state index in [2.05, 4.69) is 5.32 Å². The van der Waals surface area contributed by atoms with E-state index in [9.17, 15) is 14.4 Å². The molecule has 3 aromatic carbocycles. The van der Waals surface area contributed by atoms with E-state index in [1.165, 1.54) is 0 Å². The van der Waals surface area contributed by atoms with Crippen LogP contribution >= 0.6 is 11.6 Å². The van der Waals surface area contributed by atoms with Gasteiger partial charge in [0, 0.05) is 45.7 Å². The SMILES string of the molecule is Cc1cc2cc(C(N)=O)ccc2n1[C@@H](Cc1ccccc1)C(=O)N1CCC[C@@]2(C1)OC(=O)Nc1ccc(Cl)cc12. The highest BCUT2D eigenvalue weighted by atomic mass is 35.5. The van der Waals surface area contributed by atoms with Gasteiger partial charge in [-0.3, -0.25) is 14.9 Å². The summed E-state index contributed by atoms with van der Waals surface area (Å²) < 4.78 is 7.98. The number of amides is 3. The first-order chi connectivity index (χ1) is 19.2. The number of nitrogens with one attached hydrogen (secondary N) is 1. The zero-order valence-electron chi connectivity index (χ0n) is 22.0. The van der Waals surface area contributed by atoms with E-state index in [0.717, 1.165) is 27.7 Å². The maximum absolute atomic E-state index is 14.5. The summed E-state index contributed by atoms with van der Waals surface area (Å²) in [6.45, 7) is 2.72. The second-order valence-electron chi connectivity index (χ2n) is 10.6. The van der Waals surface area contributed by atoms with Gasteiger partial charge in [-0.1, -0.05) is 41.9 Å². The van der Waals surface area contributed by atoms with E-state index in [4.69, 9.17) is 22.1 Å². The van der Waals surface area contributed by atoms with E-state index in [1.807, 2.05) is 64.9 Å². The van der Waals surface area contributed by atoms with Crippen molar-refractivity contribution in [2.24, 2.45) is 5.73 Å². The molecule has 1 spiro atoms. The average molecular weight is 557 g/mol. The number of ether oxygens (including phenoxy) is 1. The molecule has 6 rings (SSSR count). The summed E-state index contributed by atoms with van der Waals surface area (Å²) in [5, 5.41) is 4.13. The van der Waals surface area contributed by atoms with Gasteiger partial charge in [0.1, 0.15) is 6.04 Å². The van der Waals surface area contributed by atoms with E-state index in [1.54, 1.807) is 24.3 Å². The normalized spacial score (nSPS) is 19.1. The molecule has 0 bridgehead atoms. The Labute approximate surface area is 236 Å². The number of aryl methyl sites for hydroxylation is 1. The van der Waals surface area contributed by atoms with E-state index < -0.39 is 23.6 Å². The third kappa shape index (κ3) is 4.58. The summed E-state index contributed by atoms with van der Waals surface area (Å²) in [6, 6.07) is 21.9. The van der Waals surface area contributed by atoms with Gasteiger partial charge in [0.2, 0.25) is 11.8 Å². The smallest absolute Gasteiger partial charge is 0.412 e. The van der Waals surface area contributed by atoms with Gasteiger partial charge in [-0.2, -0.15) is 0 Å². The van der Waals surface area contributed by atoms with Gasteiger partial charge < -0.3 is 19.9 Å². The Hall–Kier alpha value is -4.30. The molecule has 0 saturated carbocycles. The molecule has 2 atom stereocenters. The highest BCUT2D eigenvalue weighted by molar-refractivity contribution is 6.30. The van der Waals surface area contributed by atoms with Crippen LogP contribution in [0, 0.1) is 6.92 Å². The third-order valence-electron chi connectivity index (χ3n) is 7.95. The lowest BCUT2D eigenvalue weighted by molar-refractivity contribution is -0.142. The van der Waals surface area contributed by atoms with E-state index >= 15 is 0 Å². The van der Waals surface area contributed by atoms with Gasteiger partial charge in [0.15, 0.2) is 5.60 Å². The van der Waals surface area contributed by atoms with Crippen LogP contribution in [-0.4, -0.2) is 40.5 Å². The fourth-order valence-electron chi connectivity index (χ4n) is 6.16. The van der Waals surface area contributed by atoms with Gasteiger partial charge in [0.05, 0.1) is 12.2 Å². The minimum atomic E-state index is -0.988. The van der Waals surface area contributed by atoms with Gasteiger partial charge in [-0.05, 0) is 67.8 Å². The maximum Gasteiger partial charge on any atom is 0.412 e. The van der Waals surface area contributed by atoms with Gasteiger partial charge >= 0.3 is 6.09 Å². The van der Waals surface area contributed by atoms with Crippen molar-refractivity contribution in [3.8, 4) is 0 Å². The van der Waals surface area contributed by atoms with Crippen molar-refractivity contribution < 1.29 is 19.1 Å². The number of piperidine rings is 1. The topological polar surface area (TPSA) is 107 Å². The molecule has 2 aliphatic heterocycles. The summed E-state index contributed by atoms with van der Waals surface area (Å²) in [6.07, 6.45) is 1.18. The molecule has 0 radical (unpaired) electrons. The second kappa shape index (κ2) is 10.0. The quantitative estimate of drug-likeness (QED) is 0.335. The van der Waals surface area contributed by atoms with Gasteiger partial charge in [-0.25, -0.2) is 4.79 Å². The Balaban J connectivity index is 1.41. The molecule has 1 saturated heterocycles. The van der Waals surface area contributed by atoms with Gasteiger partial charge in [0.25, 0.3) is 0 Å². The lowest BCUT2D eigenvalue weighted by Gasteiger charge is -2.45. The number of aromatic nitrogens is 1. The summed E-state index contributed by atoms with van der Waals surface area (Å²) in [5.74, 6) is -0.569. The lowest BCUT2D eigenvalue weighted by atomic mass is 9.83. The van der Waals surface area contributed by atoms with E-state index in [0.29, 0.717) is 42.1 Å². The number of nitrogens with two attached hydrogens (primary N) is 1. The highest BCUT2D eigenvalue weighted by Gasteiger charge is 2.47. The Morgan fingerprint density at radius 3 is 2.67 bits per heavy atom. The Morgan fingerprint density at radius 2 is 1.90 bits per heavy atom. The zero-order valence-corrected chi connectivity index (χ0v) is 22.8. The number of fused-ring (bicyclic) bond motifs is 3. The predicted molar refractivity (Wildman–Crippen MR) is 153 cm³/mol. The summed E-state index contributed by atoms with van der Waals surface area (Å²) in [7, 11) is 0. The van der Waals surface area contributed by atoms with Crippen LogP contribution in [0.25, 0.3) is 10.9 Å². The molecule has 3 amide bonds. The van der Waals surface area contributed by atoms with Crippen LogP contribution in [-0.2, 0) is 21.6 Å². The molecule has 1 aromatic heterocycles. The van der Waals surface area contributed by atoms with Crippen molar-refractivity contribution >= 4 is 46.1 Å². The first-order valence-electron chi connectivity index (χ1n) is 13.3. The van der Waals surface area contributed by atoms with Crippen LogP contribution in [0.3, 0.4) is 0 Å². The first kappa shape index (κ1) is 26.0. The number of benzene rings is 3. The fourth-order valence-corrected chi connectivity index (χ4v) is 6.33. The molecule has 9 heteroatoms. The van der Waals surface area contributed by atoms with Crippen LogP contribution in [0.1, 0.15) is 46.1 Å². The number of hydrogen-bond acceptors (Lipinski definition) is 4. The number of carbonyl (C=O) groups excluding carboxylic acids is 3. The molecule has 3 N–H and O–H groups in total. The number of hydrogen-bond donors (Lipinski definition) is 2. The molecular formula is C31H29ClN4O4. The van der Waals surface area contributed by atoms with Crippen molar-refractivity contribution in [3.63, 3.8) is 0 Å². The zero-order chi connectivity index (χ0) is 28.0. The predicted octanol–water partition coefficient (Wildman–Crippen LogP) is 5.57. The average Bonchev–Trinajstić information content (AvgIpc) is 3.27. The molecule has 0 unspecified atom stereocenters. The number of halogens is 1. The van der Waals surface area contributed by atoms with Crippen LogP contribution in [0.2, 0.25) is 5.02 Å². The minimum absolute atomic E-state index is 0.0688. The van der Waals surface area contributed by atoms with Crippen molar-refractivity contribution in [3.05, 3.63) is 100 Å². The van der Waals surface area contributed by atoms with Crippen molar-refractivity contribution in [1.29, 1.82) is 0 Å². The molecule has 40 heavy (non-hydrogen) atoms. The number of rotatable bonds is 5. The maximum atomic E-state index is 14.5. The molecule has 204 valence electrons. The minimum Gasteiger partial charge on any atom is -0.436 e. The Morgan fingerprint density at radius 1 is 1.10 bits per heavy atom. The number of likely N-dealkylation sites (tertiary alicyclic amines) is 1. The number of nitrogens with zero attached hydrogens (tertiary/aromatic N) is 2. The second-order valence-corrected chi connectivity index (χ2v) is 11.0. The Kier molecular flexibility index (Phi) is 6.50. The molecule has 8 nitrogen and oxygen atoms in total. The van der Waals surface area contributed by atoms with Crippen LogP contribution < -0.4 is 11.1 Å². The molecule has 0 aliphatic carbocycles. The largest absolute Gasteiger partial charge is 0.436 e. The van der Waals surface area contributed by atoms with Crippen molar-refractivity contribution in [2.75, 3.05) is 18.4 Å². The van der Waals surface area contributed by atoms with Crippen molar-refractivity contribution in [2.45, 2.75) is 37.8 Å². The third-order valence-corrected chi connectivity index (χ3v) is 8.18. The lowest BCUT2D eigenvalue weighted by Crippen LogP contribution is -2.54. The monoisotopic (exact) mass is 556 g/mol. The highest BCUT2D eigenvalue weighted by Crippen LogP contribution is 2.44. The summed E-state index contributed by atoms with van der Waals surface area (Å²) >= 11 is 6.35. The van der Waals surface area contributed by atoms with E-state index in [-0.39, 0.29) is 12.5 Å².